The summed E-state index contributed by atoms with van der Waals surface area (Å²) in [5.74, 6) is 1.01. The predicted molar refractivity (Wildman–Crippen MR) is 64.3 cm³/mol. The van der Waals surface area contributed by atoms with Crippen molar-refractivity contribution in [2.75, 3.05) is 46.3 Å². The van der Waals surface area contributed by atoms with Crippen molar-refractivity contribution in [2.45, 2.75) is 19.3 Å². The summed E-state index contributed by atoms with van der Waals surface area (Å²) in [6.45, 7) is 5.82. The maximum absolute atomic E-state index is 11.7. The summed E-state index contributed by atoms with van der Waals surface area (Å²) in [5.41, 5.74) is 0. The molecule has 4 heteroatoms. The van der Waals surface area contributed by atoms with Crippen LogP contribution in [0.3, 0.4) is 0 Å². The summed E-state index contributed by atoms with van der Waals surface area (Å²) in [5, 5.41) is 3.31. The van der Waals surface area contributed by atoms with Gasteiger partial charge in [0.05, 0.1) is 6.54 Å². The van der Waals surface area contributed by atoms with Gasteiger partial charge in [-0.05, 0) is 45.3 Å². The van der Waals surface area contributed by atoms with Gasteiger partial charge in [-0.2, -0.15) is 0 Å². The van der Waals surface area contributed by atoms with Gasteiger partial charge in [-0.1, -0.05) is 0 Å². The third kappa shape index (κ3) is 3.19. The maximum atomic E-state index is 11.7. The van der Waals surface area contributed by atoms with E-state index in [1.807, 2.05) is 4.90 Å². The zero-order chi connectivity index (χ0) is 11.4. The number of likely N-dealkylation sites (tertiary alicyclic amines) is 2. The summed E-state index contributed by atoms with van der Waals surface area (Å²) in [6, 6.07) is 0. The van der Waals surface area contributed by atoms with Crippen LogP contribution in [0.4, 0.5) is 0 Å². The molecule has 4 nitrogen and oxygen atoms in total. The molecule has 0 aromatic carbocycles. The number of rotatable bonds is 4. The zero-order valence-corrected chi connectivity index (χ0v) is 10.2. The van der Waals surface area contributed by atoms with Crippen molar-refractivity contribution in [2.24, 2.45) is 5.92 Å². The molecular formula is C12H23N3O. The first-order valence-corrected chi connectivity index (χ1v) is 6.43. The lowest BCUT2D eigenvalue weighted by molar-refractivity contribution is -0.129. The van der Waals surface area contributed by atoms with E-state index in [1.54, 1.807) is 0 Å². The Hall–Kier alpha value is -0.610. The Bertz CT molecular complexity index is 238. The van der Waals surface area contributed by atoms with E-state index in [0.717, 1.165) is 25.6 Å². The van der Waals surface area contributed by atoms with Crippen LogP contribution in [-0.4, -0.2) is 62.0 Å². The van der Waals surface area contributed by atoms with Gasteiger partial charge in [0, 0.05) is 19.6 Å². The van der Waals surface area contributed by atoms with Crippen LogP contribution in [-0.2, 0) is 4.79 Å². The van der Waals surface area contributed by atoms with Crippen LogP contribution in [0.25, 0.3) is 0 Å². The van der Waals surface area contributed by atoms with Gasteiger partial charge in [0.1, 0.15) is 0 Å². The van der Waals surface area contributed by atoms with E-state index in [0.29, 0.717) is 6.54 Å². The van der Waals surface area contributed by atoms with E-state index in [2.05, 4.69) is 17.3 Å². The van der Waals surface area contributed by atoms with Crippen LogP contribution in [0, 0.1) is 5.92 Å². The SMILES string of the molecule is CN1CCC(CNCC(=O)N2CCCC2)C1. The quantitative estimate of drug-likeness (QED) is 0.740. The molecule has 1 amide bonds. The summed E-state index contributed by atoms with van der Waals surface area (Å²) < 4.78 is 0. The normalized spacial score (nSPS) is 26.6. The molecule has 2 rings (SSSR count). The summed E-state index contributed by atoms with van der Waals surface area (Å²) in [6.07, 6.45) is 3.62. The summed E-state index contributed by atoms with van der Waals surface area (Å²) in [7, 11) is 2.16. The van der Waals surface area contributed by atoms with Gasteiger partial charge < -0.3 is 15.1 Å². The van der Waals surface area contributed by atoms with Crippen molar-refractivity contribution in [3.05, 3.63) is 0 Å². The molecule has 1 unspecified atom stereocenters. The largest absolute Gasteiger partial charge is 0.342 e. The molecule has 0 aromatic rings. The number of nitrogens with zero attached hydrogens (tertiary/aromatic N) is 2. The fourth-order valence-corrected chi connectivity index (χ4v) is 2.65. The number of hydrogen-bond donors (Lipinski definition) is 1. The standard InChI is InChI=1S/C12H23N3O/c1-14-7-4-11(10-14)8-13-9-12(16)15-5-2-3-6-15/h11,13H,2-10H2,1H3. The summed E-state index contributed by atoms with van der Waals surface area (Å²) in [4.78, 5) is 16.1. The van der Waals surface area contributed by atoms with Crippen LogP contribution in [0.2, 0.25) is 0 Å². The molecule has 2 heterocycles. The minimum Gasteiger partial charge on any atom is -0.342 e. The summed E-state index contributed by atoms with van der Waals surface area (Å²) >= 11 is 0. The molecule has 0 aromatic heterocycles. The minimum absolute atomic E-state index is 0.281. The fraction of sp³-hybridized carbons (Fsp3) is 0.917. The van der Waals surface area contributed by atoms with Gasteiger partial charge in [-0.15, -0.1) is 0 Å². The second-order valence-corrected chi connectivity index (χ2v) is 5.14. The highest BCUT2D eigenvalue weighted by atomic mass is 16.2. The second-order valence-electron chi connectivity index (χ2n) is 5.14. The van der Waals surface area contributed by atoms with Gasteiger partial charge in [0.2, 0.25) is 5.91 Å². The van der Waals surface area contributed by atoms with Crippen LogP contribution in [0.1, 0.15) is 19.3 Å². The highest BCUT2D eigenvalue weighted by Gasteiger charge is 2.20. The van der Waals surface area contributed by atoms with Gasteiger partial charge in [0.25, 0.3) is 0 Å². The van der Waals surface area contributed by atoms with Crippen molar-refractivity contribution < 1.29 is 4.79 Å². The highest BCUT2D eigenvalue weighted by Crippen LogP contribution is 2.12. The smallest absolute Gasteiger partial charge is 0.236 e. The Balaban J connectivity index is 1.58. The zero-order valence-electron chi connectivity index (χ0n) is 10.2. The molecule has 92 valence electrons. The topological polar surface area (TPSA) is 35.6 Å². The van der Waals surface area contributed by atoms with Crippen LogP contribution in [0.5, 0.6) is 0 Å². The molecule has 16 heavy (non-hydrogen) atoms. The Morgan fingerprint density at radius 3 is 2.69 bits per heavy atom. The van der Waals surface area contributed by atoms with Gasteiger partial charge in [-0.3, -0.25) is 4.79 Å². The molecule has 2 aliphatic heterocycles. The molecule has 1 N–H and O–H groups in total. The predicted octanol–water partition coefficient (Wildman–Crippen LogP) is 0.150. The molecule has 0 radical (unpaired) electrons. The lowest BCUT2D eigenvalue weighted by Gasteiger charge is -2.16. The Labute approximate surface area is 98.0 Å². The van der Waals surface area contributed by atoms with E-state index >= 15 is 0 Å². The van der Waals surface area contributed by atoms with Gasteiger partial charge >= 0.3 is 0 Å². The molecule has 0 saturated carbocycles. The van der Waals surface area contributed by atoms with E-state index in [-0.39, 0.29) is 5.91 Å². The molecule has 2 saturated heterocycles. The van der Waals surface area contributed by atoms with Crippen molar-refractivity contribution in [1.29, 1.82) is 0 Å². The first-order chi connectivity index (χ1) is 7.75. The molecule has 0 bridgehead atoms. The number of carbonyl (C=O) groups is 1. The monoisotopic (exact) mass is 225 g/mol. The number of amides is 1. The minimum atomic E-state index is 0.281. The number of carbonyl (C=O) groups excluding carboxylic acids is 1. The molecule has 2 fully saturated rings. The van der Waals surface area contributed by atoms with E-state index in [4.69, 9.17) is 0 Å². The van der Waals surface area contributed by atoms with Crippen molar-refractivity contribution in [3.63, 3.8) is 0 Å². The average molecular weight is 225 g/mol. The third-order valence-corrected chi connectivity index (χ3v) is 3.66. The highest BCUT2D eigenvalue weighted by molar-refractivity contribution is 5.78. The Morgan fingerprint density at radius 1 is 1.31 bits per heavy atom. The van der Waals surface area contributed by atoms with Crippen molar-refractivity contribution in [3.8, 4) is 0 Å². The number of hydrogen-bond acceptors (Lipinski definition) is 3. The lowest BCUT2D eigenvalue weighted by Crippen LogP contribution is -2.38. The Kier molecular flexibility index (Phi) is 4.18. The average Bonchev–Trinajstić information content (AvgIpc) is 2.89. The van der Waals surface area contributed by atoms with E-state index in [9.17, 15) is 4.79 Å². The van der Waals surface area contributed by atoms with Crippen molar-refractivity contribution >= 4 is 5.91 Å². The number of nitrogens with one attached hydrogen (secondary N) is 1. The van der Waals surface area contributed by atoms with Gasteiger partial charge in [-0.25, -0.2) is 0 Å². The molecule has 1 atom stereocenters. The Morgan fingerprint density at radius 2 is 2.06 bits per heavy atom. The first-order valence-electron chi connectivity index (χ1n) is 6.43. The van der Waals surface area contributed by atoms with Crippen molar-refractivity contribution in [1.82, 2.24) is 15.1 Å². The van der Waals surface area contributed by atoms with E-state index < -0.39 is 0 Å². The van der Waals surface area contributed by atoms with Crippen LogP contribution < -0.4 is 5.32 Å². The third-order valence-electron chi connectivity index (χ3n) is 3.66. The second kappa shape index (κ2) is 5.64. The molecule has 0 spiro atoms. The molecule has 0 aliphatic carbocycles. The lowest BCUT2D eigenvalue weighted by atomic mass is 10.1. The molecular weight excluding hydrogens is 202 g/mol. The van der Waals surface area contributed by atoms with Crippen LogP contribution >= 0.6 is 0 Å². The fourth-order valence-electron chi connectivity index (χ4n) is 2.65. The first kappa shape index (κ1) is 11.9. The molecule has 2 aliphatic rings. The maximum Gasteiger partial charge on any atom is 0.236 e. The van der Waals surface area contributed by atoms with E-state index in [1.165, 1.54) is 32.4 Å². The van der Waals surface area contributed by atoms with Crippen LogP contribution in [0.15, 0.2) is 0 Å². The van der Waals surface area contributed by atoms with Gasteiger partial charge in [0.15, 0.2) is 0 Å².